The van der Waals surface area contributed by atoms with Crippen molar-refractivity contribution in [1.29, 1.82) is 0 Å². The molecule has 3 aromatic rings. The third-order valence-electron chi connectivity index (χ3n) is 3.65. The minimum atomic E-state index is 0.105. The summed E-state index contributed by atoms with van der Waals surface area (Å²) in [5.74, 6) is 0.967. The molecule has 4 nitrogen and oxygen atoms in total. The number of hydrogen-bond donors (Lipinski definition) is 2. The van der Waals surface area contributed by atoms with Crippen molar-refractivity contribution in [2.75, 3.05) is 12.3 Å². The van der Waals surface area contributed by atoms with Gasteiger partial charge in [-0.2, -0.15) is 0 Å². The Kier molecular flexibility index (Phi) is 3.62. The highest BCUT2D eigenvalue weighted by Gasteiger charge is 2.11. The van der Waals surface area contributed by atoms with E-state index in [1.165, 1.54) is 5.56 Å². The van der Waals surface area contributed by atoms with Gasteiger partial charge in [-0.25, -0.2) is 4.98 Å². The second-order valence-electron chi connectivity index (χ2n) is 5.31. The summed E-state index contributed by atoms with van der Waals surface area (Å²) < 4.78 is 2.09. The number of fused-ring (bicyclic) bond motifs is 1. The number of aromatic nitrogens is 2. The van der Waals surface area contributed by atoms with Crippen molar-refractivity contribution in [1.82, 2.24) is 9.55 Å². The standard InChI is InChI=1S/C17H19N3O/c1-12-2-7-16-15(10-12)19-17(20(16)8-9-21)11-13-3-5-14(18)6-4-13/h2-7,10,21H,8-9,11,18H2,1H3. The van der Waals surface area contributed by atoms with Crippen molar-refractivity contribution in [2.45, 2.75) is 19.9 Å². The SMILES string of the molecule is Cc1ccc2c(c1)nc(Cc1ccc(N)cc1)n2CCO. The van der Waals surface area contributed by atoms with E-state index in [2.05, 4.69) is 29.7 Å². The molecule has 3 rings (SSSR count). The third-order valence-corrected chi connectivity index (χ3v) is 3.65. The van der Waals surface area contributed by atoms with E-state index in [-0.39, 0.29) is 6.61 Å². The number of hydrogen-bond acceptors (Lipinski definition) is 3. The van der Waals surface area contributed by atoms with E-state index in [0.29, 0.717) is 6.54 Å². The van der Waals surface area contributed by atoms with Gasteiger partial charge in [0.25, 0.3) is 0 Å². The zero-order valence-corrected chi connectivity index (χ0v) is 12.1. The zero-order valence-electron chi connectivity index (χ0n) is 12.1. The molecule has 0 unspecified atom stereocenters. The Balaban J connectivity index is 2.03. The molecule has 0 bridgehead atoms. The number of aliphatic hydroxyl groups excluding tert-OH is 1. The molecule has 0 radical (unpaired) electrons. The van der Waals surface area contributed by atoms with Crippen molar-refractivity contribution in [3.8, 4) is 0 Å². The molecule has 21 heavy (non-hydrogen) atoms. The Labute approximate surface area is 123 Å². The summed E-state index contributed by atoms with van der Waals surface area (Å²) >= 11 is 0. The maximum atomic E-state index is 9.31. The smallest absolute Gasteiger partial charge is 0.114 e. The number of nitrogens with two attached hydrogens (primary N) is 1. The van der Waals surface area contributed by atoms with Gasteiger partial charge < -0.3 is 15.4 Å². The molecule has 3 N–H and O–H groups in total. The van der Waals surface area contributed by atoms with Crippen LogP contribution >= 0.6 is 0 Å². The predicted octanol–water partition coefficient (Wildman–Crippen LogP) is 2.51. The highest BCUT2D eigenvalue weighted by Crippen LogP contribution is 2.20. The van der Waals surface area contributed by atoms with Gasteiger partial charge >= 0.3 is 0 Å². The van der Waals surface area contributed by atoms with Crippen molar-refractivity contribution in [3.63, 3.8) is 0 Å². The minimum absolute atomic E-state index is 0.105. The van der Waals surface area contributed by atoms with Crippen LogP contribution in [-0.2, 0) is 13.0 Å². The van der Waals surface area contributed by atoms with E-state index >= 15 is 0 Å². The van der Waals surface area contributed by atoms with Crippen LogP contribution in [0.2, 0.25) is 0 Å². The Hall–Kier alpha value is -2.33. The molecule has 0 atom stereocenters. The van der Waals surface area contributed by atoms with E-state index in [0.717, 1.165) is 34.5 Å². The molecule has 1 heterocycles. The lowest BCUT2D eigenvalue weighted by Crippen LogP contribution is -2.07. The van der Waals surface area contributed by atoms with Crippen LogP contribution in [0, 0.1) is 6.92 Å². The Morgan fingerprint density at radius 3 is 2.62 bits per heavy atom. The van der Waals surface area contributed by atoms with E-state index < -0.39 is 0 Å². The molecule has 0 amide bonds. The largest absolute Gasteiger partial charge is 0.399 e. The van der Waals surface area contributed by atoms with E-state index in [1.807, 2.05) is 24.3 Å². The summed E-state index contributed by atoms with van der Waals surface area (Å²) in [5.41, 5.74) is 10.9. The zero-order chi connectivity index (χ0) is 14.8. The minimum Gasteiger partial charge on any atom is -0.399 e. The van der Waals surface area contributed by atoms with Gasteiger partial charge in [0.05, 0.1) is 17.6 Å². The lowest BCUT2D eigenvalue weighted by molar-refractivity contribution is 0.276. The third kappa shape index (κ3) is 2.76. The predicted molar refractivity (Wildman–Crippen MR) is 85.2 cm³/mol. The summed E-state index contributed by atoms with van der Waals surface area (Å²) in [6.45, 7) is 2.72. The van der Waals surface area contributed by atoms with Crippen LogP contribution in [0.5, 0.6) is 0 Å². The summed E-state index contributed by atoms with van der Waals surface area (Å²) in [4.78, 5) is 4.73. The second kappa shape index (κ2) is 5.58. The monoisotopic (exact) mass is 281 g/mol. The topological polar surface area (TPSA) is 64.1 Å². The van der Waals surface area contributed by atoms with Crippen LogP contribution in [0.4, 0.5) is 5.69 Å². The van der Waals surface area contributed by atoms with Crippen LogP contribution in [0.3, 0.4) is 0 Å². The van der Waals surface area contributed by atoms with Crippen LogP contribution in [0.25, 0.3) is 11.0 Å². The van der Waals surface area contributed by atoms with Gasteiger partial charge in [-0.3, -0.25) is 0 Å². The molecular weight excluding hydrogens is 262 g/mol. The quantitative estimate of drug-likeness (QED) is 0.722. The van der Waals surface area contributed by atoms with Gasteiger partial charge in [0.1, 0.15) is 5.82 Å². The molecule has 4 heteroatoms. The highest BCUT2D eigenvalue weighted by atomic mass is 16.3. The first-order valence-corrected chi connectivity index (χ1v) is 7.08. The van der Waals surface area contributed by atoms with Gasteiger partial charge in [0, 0.05) is 18.7 Å². The number of benzene rings is 2. The fourth-order valence-electron chi connectivity index (χ4n) is 2.59. The summed E-state index contributed by atoms with van der Waals surface area (Å²) in [5, 5.41) is 9.31. The molecule has 0 fully saturated rings. The molecule has 0 saturated heterocycles. The highest BCUT2D eigenvalue weighted by molar-refractivity contribution is 5.77. The lowest BCUT2D eigenvalue weighted by Gasteiger charge is -2.07. The fourth-order valence-corrected chi connectivity index (χ4v) is 2.59. The van der Waals surface area contributed by atoms with Crippen LogP contribution < -0.4 is 5.73 Å². The van der Waals surface area contributed by atoms with Crippen LogP contribution in [0.15, 0.2) is 42.5 Å². The number of nitrogen functional groups attached to an aromatic ring is 1. The average molecular weight is 281 g/mol. The Morgan fingerprint density at radius 2 is 1.90 bits per heavy atom. The van der Waals surface area contributed by atoms with Gasteiger partial charge in [-0.05, 0) is 42.3 Å². The molecule has 108 valence electrons. The van der Waals surface area contributed by atoms with E-state index in [4.69, 9.17) is 10.7 Å². The first-order chi connectivity index (χ1) is 10.2. The molecule has 0 saturated carbocycles. The van der Waals surface area contributed by atoms with Crippen molar-refractivity contribution < 1.29 is 5.11 Å². The molecule has 0 aliphatic carbocycles. The number of imidazole rings is 1. The molecule has 0 aliphatic heterocycles. The van der Waals surface area contributed by atoms with Gasteiger partial charge in [0.2, 0.25) is 0 Å². The molecule has 0 aliphatic rings. The first-order valence-electron chi connectivity index (χ1n) is 7.08. The molecule has 2 aromatic carbocycles. The Bertz CT molecular complexity index is 760. The number of rotatable bonds is 4. The van der Waals surface area contributed by atoms with E-state index in [9.17, 15) is 5.11 Å². The molecule has 0 spiro atoms. The normalized spacial score (nSPS) is 11.1. The van der Waals surface area contributed by atoms with Crippen LogP contribution in [0.1, 0.15) is 17.0 Å². The molecular formula is C17H19N3O. The lowest BCUT2D eigenvalue weighted by atomic mass is 10.1. The average Bonchev–Trinajstić information content (AvgIpc) is 2.79. The fraction of sp³-hybridized carbons (Fsp3) is 0.235. The summed E-state index contributed by atoms with van der Waals surface area (Å²) in [7, 11) is 0. The van der Waals surface area contributed by atoms with Crippen molar-refractivity contribution >= 4 is 16.7 Å². The Morgan fingerprint density at radius 1 is 1.14 bits per heavy atom. The summed E-state index contributed by atoms with van der Waals surface area (Å²) in [6.07, 6.45) is 0.730. The number of aliphatic hydroxyl groups is 1. The van der Waals surface area contributed by atoms with Gasteiger partial charge in [-0.1, -0.05) is 18.2 Å². The maximum absolute atomic E-state index is 9.31. The van der Waals surface area contributed by atoms with Crippen molar-refractivity contribution in [3.05, 3.63) is 59.4 Å². The first kappa shape index (κ1) is 13.6. The maximum Gasteiger partial charge on any atom is 0.114 e. The summed E-state index contributed by atoms with van der Waals surface area (Å²) in [6, 6.07) is 14.1. The second-order valence-corrected chi connectivity index (χ2v) is 5.31. The van der Waals surface area contributed by atoms with Crippen LogP contribution in [-0.4, -0.2) is 21.3 Å². The van der Waals surface area contributed by atoms with Gasteiger partial charge in [-0.15, -0.1) is 0 Å². The van der Waals surface area contributed by atoms with E-state index in [1.54, 1.807) is 0 Å². The molecule has 1 aromatic heterocycles. The van der Waals surface area contributed by atoms with Crippen molar-refractivity contribution in [2.24, 2.45) is 0 Å². The number of nitrogens with zero attached hydrogens (tertiary/aromatic N) is 2. The number of anilines is 1. The van der Waals surface area contributed by atoms with Gasteiger partial charge in [0.15, 0.2) is 0 Å². The number of aryl methyl sites for hydroxylation is 1.